The van der Waals surface area contributed by atoms with E-state index in [0.717, 1.165) is 17.4 Å². The Morgan fingerprint density at radius 2 is 1.65 bits per heavy atom. The number of carbonyl (C=O) groups is 3. The Hall–Kier alpha value is -2.56. The highest BCUT2D eigenvalue weighted by Gasteiger charge is 2.39. The van der Waals surface area contributed by atoms with Gasteiger partial charge in [-0.05, 0) is 23.6 Å². The van der Waals surface area contributed by atoms with Crippen LogP contribution in [0.4, 0.5) is 0 Å². The summed E-state index contributed by atoms with van der Waals surface area (Å²) < 4.78 is 22.8. The predicted molar refractivity (Wildman–Crippen MR) is 78.0 cm³/mol. The van der Waals surface area contributed by atoms with Crippen LogP contribution < -0.4 is 5.14 Å². The van der Waals surface area contributed by atoms with E-state index >= 15 is 0 Å². The van der Waals surface area contributed by atoms with Gasteiger partial charge in [0.05, 0.1) is 11.1 Å². The molecule has 0 saturated carbocycles. The number of sulfonamides is 1. The van der Waals surface area contributed by atoms with Crippen LogP contribution in [-0.4, -0.2) is 31.3 Å². The molecule has 0 atom stereocenters. The van der Waals surface area contributed by atoms with Gasteiger partial charge in [-0.25, -0.2) is 18.4 Å². The van der Waals surface area contributed by atoms with Crippen molar-refractivity contribution in [2.45, 2.75) is 4.90 Å². The molecule has 0 saturated heterocycles. The molecule has 0 spiro atoms. The van der Waals surface area contributed by atoms with Crippen molar-refractivity contribution < 1.29 is 27.6 Å². The maximum atomic E-state index is 12.1. The Balaban J connectivity index is 1.90. The number of carbonyl (C=O) groups excluding carboxylic acids is 3. The Labute approximate surface area is 134 Å². The summed E-state index contributed by atoms with van der Waals surface area (Å²) in [4.78, 5) is 40.3. The number of hydrogen-bond donors (Lipinski definition) is 1. The van der Waals surface area contributed by atoms with Crippen molar-refractivity contribution in [1.29, 1.82) is 0 Å². The van der Waals surface area contributed by atoms with Crippen LogP contribution >= 0.6 is 11.3 Å². The van der Waals surface area contributed by atoms with Crippen LogP contribution in [0.25, 0.3) is 0 Å². The van der Waals surface area contributed by atoms with Gasteiger partial charge in [0.15, 0.2) is 0 Å². The number of benzene rings is 1. The molecular weight excluding hydrogens is 344 g/mol. The van der Waals surface area contributed by atoms with Crippen LogP contribution in [0.15, 0.2) is 40.6 Å². The molecule has 1 aromatic heterocycles. The maximum absolute atomic E-state index is 12.1. The van der Waals surface area contributed by atoms with Crippen LogP contribution in [0.5, 0.6) is 0 Å². The number of hydrogen-bond acceptors (Lipinski definition) is 7. The van der Waals surface area contributed by atoms with Gasteiger partial charge in [-0.2, -0.15) is 0 Å². The Kier molecular flexibility index (Phi) is 3.51. The second-order valence-electron chi connectivity index (χ2n) is 4.49. The fourth-order valence-corrected chi connectivity index (χ4v) is 3.88. The lowest BCUT2D eigenvalue weighted by Gasteiger charge is -2.12. The third-order valence-electron chi connectivity index (χ3n) is 3.05. The summed E-state index contributed by atoms with van der Waals surface area (Å²) in [6.45, 7) is 0. The molecule has 0 aliphatic carbocycles. The molecule has 0 fully saturated rings. The number of nitrogens with zero attached hydrogens (tertiary/aromatic N) is 1. The smallest absolute Gasteiger partial charge is 0.323 e. The molecule has 8 nitrogen and oxygen atoms in total. The summed E-state index contributed by atoms with van der Waals surface area (Å²) in [5.41, 5.74) is 0.200. The molecule has 0 bridgehead atoms. The minimum absolute atomic E-state index is 0.100. The van der Waals surface area contributed by atoms with Gasteiger partial charge < -0.3 is 4.84 Å². The Morgan fingerprint density at radius 1 is 1.09 bits per heavy atom. The van der Waals surface area contributed by atoms with Crippen molar-refractivity contribution in [3.63, 3.8) is 0 Å². The summed E-state index contributed by atoms with van der Waals surface area (Å²) in [5.74, 6) is -2.75. The van der Waals surface area contributed by atoms with E-state index in [0.29, 0.717) is 5.06 Å². The van der Waals surface area contributed by atoms with Crippen molar-refractivity contribution in [1.82, 2.24) is 5.06 Å². The highest BCUT2D eigenvalue weighted by molar-refractivity contribution is 7.89. The number of hydroxylamine groups is 2. The summed E-state index contributed by atoms with van der Waals surface area (Å²) >= 11 is 0.771. The second kappa shape index (κ2) is 5.26. The van der Waals surface area contributed by atoms with Crippen molar-refractivity contribution in [2.24, 2.45) is 5.14 Å². The molecule has 23 heavy (non-hydrogen) atoms. The molecule has 3 rings (SSSR count). The van der Waals surface area contributed by atoms with E-state index < -0.39 is 32.7 Å². The summed E-state index contributed by atoms with van der Waals surface area (Å²) in [7, 11) is -4.13. The summed E-state index contributed by atoms with van der Waals surface area (Å²) in [6, 6.07) is 7.11. The first-order valence-electron chi connectivity index (χ1n) is 6.11. The van der Waals surface area contributed by atoms with Gasteiger partial charge in [-0.1, -0.05) is 17.2 Å². The highest BCUT2D eigenvalue weighted by atomic mass is 32.2. The Bertz CT molecular complexity index is 912. The standard InChI is InChI=1S/C13H8N2O6S2/c14-23(19,20)9-5-6-22-10(9)13(18)21-15-11(16)7-3-1-2-4-8(7)12(15)17/h1-6H,(H2,14,19,20). The largest absolute Gasteiger partial charge is 0.375 e. The molecular formula is C13H8N2O6S2. The molecule has 0 unspecified atom stereocenters. The zero-order valence-electron chi connectivity index (χ0n) is 11.3. The first-order valence-corrected chi connectivity index (χ1v) is 8.53. The minimum atomic E-state index is -4.13. The lowest BCUT2D eigenvalue weighted by molar-refractivity contribution is -0.0583. The number of amides is 2. The van der Waals surface area contributed by atoms with Crippen LogP contribution in [0, 0.1) is 0 Å². The van der Waals surface area contributed by atoms with Crippen LogP contribution in [0.1, 0.15) is 30.4 Å². The normalized spacial score (nSPS) is 14.0. The van der Waals surface area contributed by atoms with Crippen molar-refractivity contribution >= 4 is 39.1 Å². The molecule has 1 aliphatic heterocycles. The lowest BCUT2D eigenvalue weighted by atomic mass is 10.1. The van der Waals surface area contributed by atoms with Gasteiger partial charge in [-0.3, -0.25) is 9.59 Å². The average molecular weight is 352 g/mol. The summed E-state index contributed by atoms with van der Waals surface area (Å²) in [6.07, 6.45) is 0. The van der Waals surface area contributed by atoms with Gasteiger partial charge in [-0.15, -0.1) is 11.3 Å². The van der Waals surface area contributed by atoms with Gasteiger partial charge in [0, 0.05) is 0 Å². The van der Waals surface area contributed by atoms with Crippen LogP contribution in [-0.2, 0) is 14.9 Å². The third-order valence-corrected chi connectivity index (χ3v) is 5.03. The summed E-state index contributed by atoms with van der Waals surface area (Å²) in [5, 5.41) is 6.63. The Morgan fingerprint density at radius 3 is 2.17 bits per heavy atom. The van der Waals surface area contributed by atoms with E-state index in [-0.39, 0.29) is 16.0 Å². The molecule has 2 N–H and O–H groups in total. The van der Waals surface area contributed by atoms with E-state index in [2.05, 4.69) is 0 Å². The molecule has 1 aromatic carbocycles. The van der Waals surface area contributed by atoms with E-state index in [1.807, 2.05) is 0 Å². The predicted octanol–water partition coefficient (Wildman–Crippen LogP) is 0.764. The highest BCUT2D eigenvalue weighted by Crippen LogP contribution is 2.26. The minimum Gasteiger partial charge on any atom is -0.323 e. The number of rotatable bonds is 3. The van der Waals surface area contributed by atoms with Gasteiger partial charge in [0.2, 0.25) is 10.0 Å². The van der Waals surface area contributed by atoms with Crippen molar-refractivity contribution in [3.8, 4) is 0 Å². The first-order chi connectivity index (χ1) is 10.8. The van der Waals surface area contributed by atoms with Gasteiger partial charge >= 0.3 is 5.97 Å². The fourth-order valence-electron chi connectivity index (χ4n) is 2.04. The van der Waals surface area contributed by atoms with Crippen molar-refractivity contribution in [2.75, 3.05) is 0 Å². The molecule has 2 heterocycles. The number of primary sulfonamides is 1. The number of imide groups is 1. The van der Waals surface area contributed by atoms with E-state index in [4.69, 9.17) is 9.98 Å². The van der Waals surface area contributed by atoms with Crippen LogP contribution in [0.2, 0.25) is 0 Å². The van der Waals surface area contributed by atoms with Gasteiger partial charge in [0.1, 0.15) is 9.77 Å². The molecule has 0 radical (unpaired) electrons. The molecule has 1 aliphatic rings. The van der Waals surface area contributed by atoms with E-state index in [1.165, 1.54) is 17.5 Å². The second-order valence-corrected chi connectivity index (χ2v) is 6.93. The fraction of sp³-hybridized carbons (Fsp3) is 0. The zero-order chi connectivity index (χ0) is 16.8. The molecule has 10 heteroatoms. The molecule has 2 amide bonds. The van der Waals surface area contributed by atoms with Crippen LogP contribution in [0.3, 0.4) is 0 Å². The lowest BCUT2D eigenvalue weighted by Crippen LogP contribution is -2.33. The SMILES string of the molecule is NS(=O)(=O)c1ccsc1C(=O)ON1C(=O)c2ccccc2C1=O. The maximum Gasteiger partial charge on any atom is 0.375 e. The van der Waals surface area contributed by atoms with Crippen molar-refractivity contribution in [3.05, 3.63) is 51.7 Å². The van der Waals surface area contributed by atoms with E-state index in [1.54, 1.807) is 12.1 Å². The average Bonchev–Trinajstić information content (AvgIpc) is 3.08. The topological polar surface area (TPSA) is 124 Å². The van der Waals surface area contributed by atoms with E-state index in [9.17, 15) is 22.8 Å². The number of fused-ring (bicyclic) bond motifs is 1. The zero-order valence-corrected chi connectivity index (χ0v) is 12.9. The first kappa shape index (κ1) is 15.3. The molecule has 2 aromatic rings. The number of thiophene rings is 1. The molecule has 118 valence electrons. The third kappa shape index (κ3) is 2.52. The van der Waals surface area contributed by atoms with Gasteiger partial charge in [0.25, 0.3) is 11.8 Å². The number of nitrogens with two attached hydrogens (primary N) is 1. The quantitative estimate of drug-likeness (QED) is 0.814. The monoisotopic (exact) mass is 352 g/mol.